The molecule has 0 radical (unpaired) electrons. The van der Waals surface area contributed by atoms with Crippen molar-refractivity contribution in [1.82, 2.24) is 14.6 Å². The minimum Gasteiger partial charge on any atom is -0.228 e. The third-order valence-electron chi connectivity index (χ3n) is 2.70. The molecular weight excluding hydrogens is 254 g/mol. The van der Waals surface area contributed by atoms with Crippen LogP contribution in [0.1, 0.15) is 12.5 Å². The summed E-state index contributed by atoms with van der Waals surface area (Å²) in [5, 5.41) is 8.93. The second-order valence-electron chi connectivity index (χ2n) is 3.73. The molecule has 0 aromatic carbocycles. The van der Waals surface area contributed by atoms with Gasteiger partial charge >= 0.3 is 0 Å². The van der Waals surface area contributed by atoms with E-state index in [1.807, 2.05) is 23.7 Å². The van der Waals surface area contributed by atoms with Crippen molar-refractivity contribution in [2.75, 3.05) is 0 Å². The van der Waals surface area contributed by atoms with Crippen LogP contribution < -0.4 is 0 Å². The molecule has 0 saturated heterocycles. The number of hydrogen-bond donors (Lipinski definition) is 0. The molecular formula is C12H10ClN3S. The van der Waals surface area contributed by atoms with Crippen molar-refractivity contribution in [3.63, 3.8) is 0 Å². The lowest BCUT2D eigenvalue weighted by Gasteiger charge is -2.02. The van der Waals surface area contributed by atoms with E-state index in [9.17, 15) is 0 Å². The molecule has 0 saturated carbocycles. The summed E-state index contributed by atoms with van der Waals surface area (Å²) in [5.74, 6) is 0. The topological polar surface area (TPSA) is 30.2 Å². The number of fused-ring (bicyclic) bond motifs is 1. The Balaban J connectivity index is 2.28. The maximum atomic E-state index is 6.21. The Hall–Kier alpha value is -1.39. The van der Waals surface area contributed by atoms with Crippen LogP contribution in [0.4, 0.5) is 0 Å². The minimum absolute atomic E-state index is 0.593. The Morgan fingerprint density at radius 1 is 1.47 bits per heavy atom. The van der Waals surface area contributed by atoms with Gasteiger partial charge in [0.25, 0.3) is 0 Å². The Morgan fingerprint density at radius 3 is 3.06 bits per heavy atom. The van der Waals surface area contributed by atoms with E-state index in [0.29, 0.717) is 5.15 Å². The number of halogens is 1. The van der Waals surface area contributed by atoms with Crippen LogP contribution in [0.5, 0.6) is 0 Å². The van der Waals surface area contributed by atoms with Crippen molar-refractivity contribution >= 4 is 28.6 Å². The first-order valence-corrected chi connectivity index (χ1v) is 6.67. The van der Waals surface area contributed by atoms with Crippen LogP contribution >= 0.6 is 22.9 Å². The van der Waals surface area contributed by atoms with Crippen molar-refractivity contribution < 1.29 is 0 Å². The molecule has 0 aliphatic heterocycles. The first kappa shape index (κ1) is 10.7. The second-order valence-corrected chi connectivity index (χ2v) is 4.90. The molecule has 3 aromatic heterocycles. The molecule has 0 amide bonds. The monoisotopic (exact) mass is 263 g/mol. The molecule has 0 N–H and O–H groups in total. The highest BCUT2D eigenvalue weighted by Gasteiger charge is 2.10. The Bertz CT molecular complexity index is 658. The van der Waals surface area contributed by atoms with E-state index in [1.165, 1.54) is 0 Å². The summed E-state index contributed by atoms with van der Waals surface area (Å²) in [4.78, 5) is 4.63. The highest BCUT2D eigenvalue weighted by Crippen LogP contribution is 2.25. The van der Waals surface area contributed by atoms with Crippen molar-refractivity contribution in [2.45, 2.75) is 13.3 Å². The van der Waals surface area contributed by atoms with Crippen molar-refractivity contribution in [2.24, 2.45) is 0 Å². The van der Waals surface area contributed by atoms with Gasteiger partial charge in [0.2, 0.25) is 0 Å². The van der Waals surface area contributed by atoms with Gasteiger partial charge in [-0.1, -0.05) is 18.5 Å². The van der Waals surface area contributed by atoms with E-state index in [0.717, 1.165) is 28.9 Å². The number of thiophene rings is 1. The SMILES string of the molecule is CCc1cnn2c(Cl)cc(-c3ccsc3)nc12. The van der Waals surface area contributed by atoms with Gasteiger partial charge < -0.3 is 0 Å². The molecule has 0 spiro atoms. The quantitative estimate of drug-likeness (QED) is 0.661. The van der Waals surface area contributed by atoms with Gasteiger partial charge in [-0.25, -0.2) is 9.50 Å². The normalized spacial score (nSPS) is 11.2. The maximum absolute atomic E-state index is 6.21. The van der Waals surface area contributed by atoms with Gasteiger partial charge in [-0.2, -0.15) is 16.4 Å². The lowest BCUT2D eigenvalue weighted by molar-refractivity contribution is 0.942. The first-order chi connectivity index (χ1) is 8.29. The fourth-order valence-electron chi connectivity index (χ4n) is 1.78. The predicted molar refractivity (Wildman–Crippen MR) is 70.7 cm³/mol. The van der Waals surface area contributed by atoms with Gasteiger partial charge in [0, 0.05) is 22.6 Å². The van der Waals surface area contributed by atoms with Crippen LogP contribution in [0, 0.1) is 0 Å². The van der Waals surface area contributed by atoms with Gasteiger partial charge in [-0.15, -0.1) is 0 Å². The fourth-order valence-corrected chi connectivity index (χ4v) is 2.66. The number of aromatic nitrogens is 3. The number of hydrogen-bond acceptors (Lipinski definition) is 3. The lowest BCUT2D eigenvalue weighted by atomic mass is 10.2. The Labute approximate surface area is 108 Å². The van der Waals surface area contributed by atoms with Crippen LogP contribution in [0.3, 0.4) is 0 Å². The third-order valence-corrected chi connectivity index (χ3v) is 3.65. The van der Waals surface area contributed by atoms with E-state index in [1.54, 1.807) is 15.9 Å². The third kappa shape index (κ3) is 1.73. The zero-order valence-corrected chi connectivity index (χ0v) is 10.8. The van der Waals surface area contributed by atoms with Crippen LogP contribution in [0.25, 0.3) is 16.9 Å². The summed E-state index contributed by atoms with van der Waals surface area (Å²) >= 11 is 7.87. The smallest absolute Gasteiger partial charge is 0.160 e. The molecule has 0 bridgehead atoms. The van der Waals surface area contributed by atoms with Crippen molar-refractivity contribution in [1.29, 1.82) is 0 Å². The molecule has 86 valence electrons. The van der Waals surface area contributed by atoms with E-state index in [4.69, 9.17) is 11.6 Å². The number of rotatable bonds is 2. The van der Waals surface area contributed by atoms with Crippen LogP contribution in [-0.2, 0) is 6.42 Å². The lowest BCUT2D eigenvalue weighted by Crippen LogP contribution is -1.95. The molecule has 3 heterocycles. The maximum Gasteiger partial charge on any atom is 0.160 e. The first-order valence-electron chi connectivity index (χ1n) is 5.35. The zero-order valence-electron chi connectivity index (χ0n) is 9.22. The summed E-state index contributed by atoms with van der Waals surface area (Å²) in [5.41, 5.74) is 3.96. The molecule has 3 aromatic rings. The van der Waals surface area contributed by atoms with Gasteiger partial charge in [0.15, 0.2) is 5.65 Å². The summed E-state index contributed by atoms with van der Waals surface area (Å²) < 4.78 is 1.68. The molecule has 3 nitrogen and oxygen atoms in total. The molecule has 3 rings (SSSR count). The standard InChI is InChI=1S/C12H10ClN3S/c1-2-8-6-14-16-11(13)5-10(15-12(8)16)9-3-4-17-7-9/h3-7H,2H2,1H3. The summed E-state index contributed by atoms with van der Waals surface area (Å²) in [6.07, 6.45) is 2.73. The second kappa shape index (κ2) is 4.13. The van der Waals surface area contributed by atoms with E-state index >= 15 is 0 Å². The Kier molecular flexibility index (Phi) is 2.61. The Morgan fingerprint density at radius 2 is 2.35 bits per heavy atom. The van der Waals surface area contributed by atoms with Gasteiger partial charge in [-0.05, 0) is 17.9 Å². The number of aryl methyl sites for hydroxylation is 1. The average Bonchev–Trinajstić information content (AvgIpc) is 2.97. The van der Waals surface area contributed by atoms with Crippen LogP contribution in [0.15, 0.2) is 29.1 Å². The highest BCUT2D eigenvalue weighted by atomic mass is 35.5. The predicted octanol–water partition coefficient (Wildman–Crippen LogP) is 3.67. The van der Waals surface area contributed by atoms with Crippen molar-refractivity contribution in [3.8, 4) is 11.3 Å². The highest BCUT2D eigenvalue weighted by molar-refractivity contribution is 7.08. The molecule has 0 aliphatic carbocycles. The molecule has 0 fully saturated rings. The van der Waals surface area contributed by atoms with Gasteiger partial charge in [0.1, 0.15) is 5.15 Å². The molecule has 0 unspecified atom stereocenters. The van der Waals surface area contributed by atoms with Crippen LogP contribution in [0.2, 0.25) is 5.15 Å². The van der Waals surface area contributed by atoms with Crippen molar-refractivity contribution in [3.05, 3.63) is 39.8 Å². The molecule has 0 atom stereocenters. The summed E-state index contributed by atoms with van der Waals surface area (Å²) in [6.45, 7) is 2.09. The van der Waals surface area contributed by atoms with Gasteiger partial charge in [-0.3, -0.25) is 0 Å². The van der Waals surface area contributed by atoms with Crippen LogP contribution in [-0.4, -0.2) is 14.6 Å². The summed E-state index contributed by atoms with van der Waals surface area (Å²) in [6, 6.07) is 3.89. The molecule has 5 heteroatoms. The van der Waals surface area contributed by atoms with Gasteiger partial charge in [0.05, 0.1) is 11.9 Å². The fraction of sp³-hybridized carbons (Fsp3) is 0.167. The van der Waals surface area contributed by atoms with E-state index in [-0.39, 0.29) is 0 Å². The molecule has 17 heavy (non-hydrogen) atoms. The van der Waals surface area contributed by atoms with E-state index in [2.05, 4.69) is 22.4 Å². The average molecular weight is 264 g/mol. The molecule has 0 aliphatic rings. The minimum atomic E-state index is 0.593. The number of nitrogens with zero attached hydrogens (tertiary/aromatic N) is 3. The summed E-state index contributed by atoms with van der Waals surface area (Å²) in [7, 11) is 0. The van der Waals surface area contributed by atoms with E-state index < -0.39 is 0 Å². The zero-order chi connectivity index (χ0) is 11.8. The largest absolute Gasteiger partial charge is 0.228 e.